The van der Waals surface area contributed by atoms with Crippen molar-refractivity contribution in [2.45, 2.75) is 37.6 Å². The van der Waals surface area contributed by atoms with Gasteiger partial charge in [-0.15, -0.1) is 11.3 Å². The number of nitrogens with zero attached hydrogens (tertiary/aromatic N) is 2. The van der Waals surface area contributed by atoms with Crippen molar-refractivity contribution in [2.24, 2.45) is 0 Å². The molecule has 1 unspecified atom stereocenters. The van der Waals surface area contributed by atoms with E-state index in [9.17, 15) is 13.2 Å². The predicted octanol–water partition coefficient (Wildman–Crippen LogP) is 4.54. The fraction of sp³-hybridized carbons (Fsp3) is 0.273. The average Bonchev–Trinajstić information content (AvgIpc) is 3.39. The highest BCUT2D eigenvalue weighted by Crippen LogP contribution is 2.35. The largest absolute Gasteiger partial charge is 0.330 e. The minimum Gasteiger partial charge on any atom is -0.330 e. The summed E-state index contributed by atoms with van der Waals surface area (Å²) in [7, 11) is -3.74. The molecule has 6 nitrogen and oxygen atoms in total. The molecule has 0 aliphatic carbocycles. The molecule has 30 heavy (non-hydrogen) atoms. The maximum Gasteiger partial charge on any atom is 0.273 e. The third kappa shape index (κ3) is 4.11. The second kappa shape index (κ2) is 8.20. The van der Waals surface area contributed by atoms with Gasteiger partial charge in [0.2, 0.25) is 0 Å². The summed E-state index contributed by atoms with van der Waals surface area (Å²) in [6, 6.07) is 14.4. The van der Waals surface area contributed by atoms with Crippen LogP contribution >= 0.6 is 11.3 Å². The number of sulfonamides is 1. The monoisotopic (exact) mass is 441 g/mol. The zero-order valence-corrected chi connectivity index (χ0v) is 18.5. The Labute approximate surface area is 180 Å². The number of benzene rings is 2. The van der Waals surface area contributed by atoms with Crippen LogP contribution in [0.4, 0.5) is 5.13 Å². The van der Waals surface area contributed by atoms with Crippen LogP contribution in [0, 0.1) is 13.8 Å². The van der Waals surface area contributed by atoms with Gasteiger partial charge in [-0.2, -0.15) is 0 Å². The van der Waals surface area contributed by atoms with Crippen molar-refractivity contribution in [1.82, 2.24) is 9.88 Å². The summed E-state index contributed by atoms with van der Waals surface area (Å²) in [5.41, 5.74) is 3.77. The van der Waals surface area contributed by atoms with Gasteiger partial charge in [-0.3, -0.25) is 9.52 Å². The topological polar surface area (TPSA) is 79.4 Å². The molecule has 1 aromatic heterocycles. The summed E-state index contributed by atoms with van der Waals surface area (Å²) in [5, 5.41) is 1.80. The van der Waals surface area contributed by atoms with Crippen LogP contribution in [0.15, 0.2) is 58.8 Å². The summed E-state index contributed by atoms with van der Waals surface area (Å²) < 4.78 is 27.5. The van der Waals surface area contributed by atoms with Gasteiger partial charge in [-0.25, -0.2) is 13.4 Å². The summed E-state index contributed by atoms with van der Waals surface area (Å²) >= 11 is 1.11. The smallest absolute Gasteiger partial charge is 0.273 e. The third-order valence-corrected chi connectivity index (χ3v) is 7.55. The van der Waals surface area contributed by atoms with E-state index < -0.39 is 10.0 Å². The van der Waals surface area contributed by atoms with Crippen LogP contribution in [0.3, 0.4) is 0 Å². The van der Waals surface area contributed by atoms with Crippen LogP contribution in [0.2, 0.25) is 0 Å². The van der Waals surface area contributed by atoms with E-state index in [1.54, 1.807) is 23.6 Å². The molecule has 2 heterocycles. The van der Waals surface area contributed by atoms with Crippen LogP contribution in [0.25, 0.3) is 0 Å². The Hall–Kier alpha value is -2.71. The first-order chi connectivity index (χ1) is 14.3. The highest BCUT2D eigenvalue weighted by Gasteiger charge is 2.32. The van der Waals surface area contributed by atoms with E-state index in [4.69, 9.17) is 0 Å². The van der Waals surface area contributed by atoms with E-state index in [-0.39, 0.29) is 27.7 Å². The fourth-order valence-corrected chi connectivity index (χ4v) is 5.75. The standard InChI is InChI=1S/C22H23N3O3S2/c1-15-10-11-16(2)18(13-15)20-9-6-12-25(20)21(26)19-14-29-22(23-19)24-30(27,28)17-7-4-3-5-8-17/h3-5,7-8,10-11,13-14,20H,6,9,12H2,1-2H3,(H,23,24). The molecule has 0 saturated carbocycles. The molecule has 1 atom stereocenters. The van der Waals surface area contributed by atoms with E-state index in [0.717, 1.165) is 24.2 Å². The molecule has 1 aliphatic rings. The molecule has 0 spiro atoms. The number of carbonyl (C=O) groups is 1. The first kappa shape index (κ1) is 20.6. The van der Waals surface area contributed by atoms with Crippen molar-refractivity contribution in [2.75, 3.05) is 11.3 Å². The van der Waals surface area contributed by atoms with E-state index in [2.05, 4.69) is 41.8 Å². The predicted molar refractivity (Wildman–Crippen MR) is 118 cm³/mol. The van der Waals surface area contributed by atoms with Gasteiger partial charge in [0, 0.05) is 11.9 Å². The summed E-state index contributed by atoms with van der Waals surface area (Å²) in [5.74, 6) is -0.167. The first-order valence-electron chi connectivity index (χ1n) is 9.77. The van der Waals surface area contributed by atoms with Gasteiger partial charge in [0.15, 0.2) is 5.13 Å². The van der Waals surface area contributed by atoms with Gasteiger partial charge in [0.1, 0.15) is 5.69 Å². The number of anilines is 1. The summed E-state index contributed by atoms with van der Waals surface area (Å²) in [4.78, 5) is 19.4. The molecule has 2 aromatic carbocycles. The van der Waals surface area contributed by atoms with Crippen LogP contribution in [-0.4, -0.2) is 30.8 Å². The Morgan fingerprint density at radius 2 is 1.93 bits per heavy atom. The summed E-state index contributed by atoms with van der Waals surface area (Å²) in [6.45, 7) is 4.78. The SMILES string of the molecule is Cc1ccc(C)c(C2CCCN2C(=O)c2csc(NS(=O)(=O)c3ccccc3)n2)c1. The van der Waals surface area contributed by atoms with Gasteiger partial charge >= 0.3 is 0 Å². The molecule has 4 rings (SSSR count). The van der Waals surface area contributed by atoms with Crippen molar-refractivity contribution >= 4 is 32.4 Å². The Kier molecular flexibility index (Phi) is 5.62. The van der Waals surface area contributed by atoms with Crippen molar-refractivity contribution in [1.29, 1.82) is 0 Å². The molecule has 8 heteroatoms. The van der Waals surface area contributed by atoms with Crippen molar-refractivity contribution < 1.29 is 13.2 Å². The zero-order valence-electron chi connectivity index (χ0n) is 16.8. The lowest BCUT2D eigenvalue weighted by molar-refractivity contribution is 0.0730. The molecule has 156 valence electrons. The lowest BCUT2D eigenvalue weighted by atomic mass is 9.97. The molecular weight excluding hydrogens is 418 g/mol. The number of hydrogen-bond donors (Lipinski definition) is 1. The highest BCUT2D eigenvalue weighted by atomic mass is 32.2. The van der Waals surface area contributed by atoms with Gasteiger partial charge in [-0.05, 0) is 49.9 Å². The highest BCUT2D eigenvalue weighted by molar-refractivity contribution is 7.93. The number of carbonyl (C=O) groups excluding carboxylic acids is 1. The quantitative estimate of drug-likeness (QED) is 0.630. The number of aromatic nitrogens is 1. The molecular formula is C22H23N3O3S2. The molecule has 0 radical (unpaired) electrons. The van der Waals surface area contributed by atoms with Crippen LogP contribution in [0.1, 0.15) is 46.1 Å². The molecule has 0 bridgehead atoms. The maximum atomic E-state index is 13.2. The number of amides is 1. The molecule has 1 N–H and O–H groups in total. The minimum atomic E-state index is -3.74. The van der Waals surface area contributed by atoms with Gasteiger partial charge in [0.05, 0.1) is 10.9 Å². The molecule has 1 aliphatic heterocycles. The number of rotatable bonds is 5. The molecule has 1 amide bonds. The molecule has 1 fully saturated rings. The number of aryl methyl sites for hydroxylation is 2. The van der Waals surface area contributed by atoms with Crippen molar-refractivity contribution in [3.8, 4) is 0 Å². The van der Waals surface area contributed by atoms with Gasteiger partial charge in [-0.1, -0.05) is 42.0 Å². The van der Waals surface area contributed by atoms with E-state index in [0.29, 0.717) is 6.54 Å². The fourth-order valence-electron chi connectivity index (χ4n) is 3.79. The number of nitrogens with one attached hydrogen (secondary N) is 1. The van der Waals surface area contributed by atoms with Crippen LogP contribution in [-0.2, 0) is 10.0 Å². The number of likely N-dealkylation sites (tertiary alicyclic amines) is 1. The zero-order chi connectivity index (χ0) is 21.3. The second-order valence-corrected chi connectivity index (χ2v) is 10.0. The van der Waals surface area contributed by atoms with Gasteiger partial charge < -0.3 is 4.90 Å². The Morgan fingerprint density at radius 3 is 2.70 bits per heavy atom. The number of thiazole rings is 1. The molecule has 1 saturated heterocycles. The van der Waals surface area contributed by atoms with E-state index >= 15 is 0 Å². The second-order valence-electron chi connectivity index (χ2n) is 7.47. The van der Waals surface area contributed by atoms with Crippen LogP contribution < -0.4 is 4.72 Å². The minimum absolute atomic E-state index is 0.0172. The maximum absolute atomic E-state index is 13.2. The van der Waals surface area contributed by atoms with Crippen LogP contribution in [0.5, 0.6) is 0 Å². The van der Waals surface area contributed by atoms with Crippen molar-refractivity contribution in [3.63, 3.8) is 0 Å². The Balaban J connectivity index is 1.54. The summed E-state index contributed by atoms with van der Waals surface area (Å²) in [6.07, 6.45) is 1.84. The lowest BCUT2D eigenvalue weighted by Gasteiger charge is -2.26. The third-order valence-electron chi connectivity index (χ3n) is 5.31. The Morgan fingerprint density at radius 1 is 1.17 bits per heavy atom. The lowest BCUT2D eigenvalue weighted by Crippen LogP contribution is -2.31. The van der Waals surface area contributed by atoms with Gasteiger partial charge in [0.25, 0.3) is 15.9 Å². The van der Waals surface area contributed by atoms with E-state index in [1.165, 1.54) is 28.8 Å². The van der Waals surface area contributed by atoms with Crippen molar-refractivity contribution in [3.05, 3.63) is 76.3 Å². The van der Waals surface area contributed by atoms with E-state index in [1.807, 2.05) is 4.90 Å². The number of hydrogen-bond acceptors (Lipinski definition) is 5. The first-order valence-corrected chi connectivity index (χ1v) is 12.1. The normalized spacial score (nSPS) is 16.6. The molecule has 3 aromatic rings. The average molecular weight is 442 g/mol. The Bertz CT molecular complexity index is 1170.